The number of nitrogens with zero attached hydrogens (tertiary/aromatic N) is 1. The zero-order valence-corrected chi connectivity index (χ0v) is 27.1. The van der Waals surface area contributed by atoms with E-state index in [4.69, 9.17) is 19.6 Å². The van der Waals surface area contributed by atoms with E-state index in [2.05, 4.69) is 26.8 Å². The zero-order chi connectivity index (χ0) is 34.1. The van der Waals surface area contributed by atoms with Crippen LogP contribution < -0.4 is 15.6 Å². The summed E-state index contributed by atoms with van der Waals surface area (Å²) in [6, 6.07) is 25.9. The van der Waals surface area contributed by atoms with Gasteiger partial charge in [-0.3, -0.25) is 10.2 Å². The number of rotatable bonds is 13. The number of halogens is 5. The first-order valence-electron chi connectivity index (χ1n) is 15.1. The van der Waals surface area contributed by atoms with Crippen molar-refractivity contribution in [1.29, 1.82) is 0 Å². The minimum Gasteiger partial charge on any atom is -0.494 e. The first-order valence-corrected chi connectivity index (χ1v) is 15.8. The average Bonchev–Trinajstić information content (AvgIpc) is 3.45. The minimum atomic E-state index is -4.73. The number of alkyl halides is 3. The van der Waals surface area contributed by atoms with Crippen molar-refractivity contribution >= 4 is 33.8 Å². The first-order chi connectivity index (χ1) is 23.1. The van der Waals surface area contributed by atoms with Gasteiger partial charge in [0.15, 0.2) is 11.6 Å². The normalized spacial score (nSPS) is 17.6. The van der Waals surface area contributed by atoms with Crippen molar-refractivity contribution in [3.63, 3.8) is 0 Å². The fraction of sp³-hybridized carbons (Fsp3) is 0.222. The Balaban J connectivity index is 1.49. The Morgan fingerprint density at radius 3 is 2.46 bits per heavy atom. The van der Waals surface area contributed by atoms with E-state index in [1.54, 1.807) is 24.3 Å². The first kappa shape index (κ1) is 34.8. The molecule has 0 saturated carbocycles. The van der Waals surface area contributed by atoms with Crippen LogP contribution in [0.5, 0.6) is 5.75 Å². The molecule has 0 fully saturated rings. The van der Waals surface area contributed by atoms with Crippen LogP contribution in [0.2, 0.25) is 0 Å². The molecule has 3 N–H and O–H groups in total. The van der Waals surface area contributed by atoms with Crippen LogP contribution in [0.15, 0.2) is 113 Å². The lowest BCUT2D eigenvalue weighted by atomic mass is 9.84. The van der Waals surface area contributed by atoms with Crippen molar-refractivity contribution in [3.05, 3.63) is 141 Å². The van der Waals surface area contributed by atoms with Gasteiger partial charge in [-0.1, -0.05) is 76.6 Å². The Hall–Kier alpha value is -4.52. The Morgan fingerprint density at radius 2 is 1.75 bits per heavy atom. The maximum Gasteiger partial charge on any atom is 0.416 e. The number of benzene rings is 4. The Kier molecular flexibility index (Phi) is 11.3. The highest BCUT2D eigenvalue weighted by molar-refractivity contribution is 9.10. The van der Waals surface area contributed by atoms with Gasteiger partial charge in [0, 0.05) is 41.6 Å². The quantitative estimate of drug-likeness (QED) is 0.0753. The van der Waals surface area contributed by atoms with Gasteiger partial charge < -0.3 is 14.6 Å². The molecule has 0 saturated heterocycles. The van der Waals surface area contributed by atoms with Gasteiger partial charge in [-0.25, -0.2) is 14.8 Å². The van der Waals surface area contributed by atoms with Gasteiger partial charge in [-0.15, -0.1) is 0 Å². The molecule has 4 aromatic carbocycles. The predicted octanol–water partition coefficient (Wildman–Crippen LogP) is 7.55. The number of carbonyl (C=O) groups is 1. The zero-order valence-electron chi connectivity index (χ0n) is 25.5. The smallest absolute Gasteiger partial charge is 0.416 e. The average molecular weight is 727 g/mol. The summed E-state index contributed by atoms with van der Waals surface area (Å²) in [5, 5.41) is 9.04. The van der Waals surface area contributed by atoms with Crippen LogP contribution in [0, 0.1) is 5.82 Å². The second-order valence-electron chi connectivity index (χ2n) is 11.0. The van der Waals surface area contributed by atoms with Crippen LogP contribution in [0.1, 0.15) is 46.8 Å². The molecule has 5 rings (SSSR count). The second-order valence-corrected chi connectivity index (χ2v) is 11.8. The predicted molar refractivity (Wildman–Crippen MR) is 177 cm³/mol. The van der Waals surface area contributed by atoms with Crippen LogP contribution in [-0.4, -0.2) is 35.7 Å². The molecule has 0 aliphatic carbocycles. The van der Waals surface area contributed by atoms with Crippen LogP contribution in [0.25, 0.3) is 6.08 Å². The van der Waals surface area contributed by atoms with E-state index in [9.17, 15) is 22.4 Å². The van der Waals surface area contributed by atoms with Gasteiger partial charge in [-0.05, 0) is 59.7 Å². The molecular weight excluding hydrogens is 694 g/mol. The summed E-state index contributed by atoms with van der Waals surface area (Å²) < 4.78 is 66.7. The molecule has 1 aliphatic rings. The molecule has 12 heteroatoms. The largest absolute Gasteiger partial charge is 0.494 e. The molecule has 0 spiro atoms. The fourth-order valence-corrected chi connectivity index (χ4v) is 5.66. The van der Waals surface area contributed by atoms with E-state index in [0.717, 1.165) is 17.7 Å². The van der Waals surface area contributed by atoms with E-state index in [0.29, 0.717) is 40.4 Å². The third-order valence-electron chi connectivity index (χ3n) is 7.54. The summed E-state index contributed by atoms with van der Waals surface area (Å²) in [7, 11) is 0. The lowest BCUT2D eigenvalue weighted by Crippen LogP contribution is -2.52. The molecule has 0 aromatic heterocycles. The summed E-state index contributed by atoms with van der Waals surface area (Å²) in [4.78, 5) is 19.2. The molecule has 7 nitrogen and oxygen atoms in total. The van der Waals surface area contributed by atoms with Crippen molar-refractivity contribution in [2.45, 2.75) is 37.2 Å². The highest BCUT2D eigenvalue weighted by Crippen LogP contribution is 2.45. The fourth-order valence-electron chi connectivity index (χ4n) is 5.17. The van der Waals surface area contributed by atoms with Gasteiger partial charge in [0.2, 0.25) is 5.90 Å². The van der Waals surface area contributed by atoms with Crippen molar-refractivity contribution in [3.8, 4) is 5.75 Å². The number of ether oxygens (including phenoxy) is 2. The lowest BCUT2D eigenvalue weighted by Gasteiger charge is -2.30. The van der Waals surface area contributed by atoms with Crippen LogP contribution in [0.3, 0.4) is 0 Å². The Bertz CT molecular complexity index is 1770. The van der Waals surface area contributed by atoms with Crippen LogP contribution >= 0.6 is 15.9 Å². The summed E-state index contributed by atoms with van der Waals surface area (Å²) in [6.07, 6.45) is -1.44. The molecule has 1 heterocycles. The van der Waals surface area contributed by atoms with Crippen molar-refractivity contribution in [1.82, 2.24) is 10.9 Å². The molecular formula is C36H32BrF4N3O4. The molecule has 4 aromatic rings. The highest BCUT2D eigenvalue weighted by Gasteiger charge is 2.53. The number of hydrogen-bond acceptors (Lipinski definition) is 6. The van der Waals surface area contributed by atoms with Crippen LogP contribution in [0.4, 0.5) is 17.6 Å². The van der Waals surface area contributed by atoms with E-state index in [-0.39, 0.29) is 31.0 Å². The molecule has 48 heavy (non-hydrogen) atoms. The Labute approximate surface area is 283 Å². The molecule has 250 valence electrons. The van der Waals surface area contributed by atoms with Gasteiger partial charge in [0.05, 0.1) is 12.2 Å². The molecule has 1 aliphatic heterocycles. The maximum absolute atomic E-state index is 14.3. The summed E-state index contributed by atoms with van der Waals surface area (Å²) in [5.41, 5.74) is 4.64. The van der Waals surface area contributed by atoms with Crippen molar-refractivity contribution in [2.24, 2.45) is 4.99 Å². The van der Waals surface area contributed by atoms with Crippen LogP contribution in [-0.2, 0) is 22.3 Å². The topological polar surface area (TPSA) is 92.2 Å². The van der Waals surface area contributed by atoms with E-state index >= 15 is 0 Å². The second kappa shape index (κ2) is 15.6. The number of amides is 1. The number of hydrogen-bond donors (Lipinski definition) is 3. The summed E-state index contributed by atoms with van der Waals surface area (Å²) >= 11 is 3.58. The van der Waals surface area contributed by atoms with Crippen molar-refractivity contribution in [2.75, 3.05) is 13.2 Å². The van der Waals surface area contributed by atoms with E-state index in [1.807, 2.05) is 66.7 Å². The monoisotopic (exact) mass is 725 g/mol. The third kappa shape index (κ3) is 8.49. The Morgan fingerprint density at radius 1 is 1.02 bits per heavy atom. The van der Waals surface area contributed by atoms with E-state index < -0.39 is 35.1 Å². The minimum absolute atomic E-state index is 0.00766. The molecule has 2 atom stereocenters. The van der Waals surface area contributed by atoms with Gasteiger partial charge in [-0.2, -0.15) is 13.2 Å². The lowest BCUT2D eigenvalue weighted by molar-refractivity contribution is -0.138. The number of nitrogens with one attached hydrogen (secondary N) is 2. The maximum atomic E-state index is 14.3. The van der Waals surface area contributed by atoms with Crippen molar-refractivity contribution < 1.29 is 36.9 Å². The number of carbonyl (C=O) groups excluding carboxylic acids is 1. The number of aliphatic hydroxyl groups is 1. The molecule has 0 bridgehead atoms. The number of aliphatic imine (C=N–C) groups is 1. The third-order valence-corrected chi connectivity index (χ3v) is 8.26. The summed E-state index contributed by atoms with van der Waals surface area (Å²) in [6.45, 7) is 0.0552. The standard InChI is InChI=1S/C36H32BrF4N3O4/c37-31-12-5-4-11-30(31)32-35(17-6-10-24-8-2-1-3-9-24,43-33(48-32)26-13-15-29(16-14-26)47-19-7-18-45)34(46)44-42-23-25-20-27(36(39,40)41)22-28(38)21-25/h1-6,8-16,20-22,32,42,45H,7,17-19,23H2,(H,44,46)/b10-6+/t32-,35-/m0/s1. The molecule has 0 radical (unpaired) electrons. The summed E-state index contributed by atoms with van der Waals surface area (Å²) in [5.74, 6) is -0.890. The van der Waals surface area contributed by atoms with Gasteiger partial charge in [0.25, 0.3) is 5.91 Å². The number of aliphatic hydroxyl groups excluding tert-OH is 1. The van der Waals surface area contributed by atoms with Gasteiger partial charge >= 0.3 is 6.18 Å². The van der Waals surface area contributed by atoms with Gasteiger partial charge in [0.1, 0.15) is 11.6 Å². The molecule has 0 unspecified atom stereocenters. The highest BCUT2D eigenvalue weighted by atomic mass is 79.9. The number of hydrazine groups is 1. The SMILES string of the molecule is O=C(NNCc1cc(F)cc(C(F)(F)F)c1)[C@@]1(C/C=C/c2ccccc2)N=C(c2ccc(OCCCO)cc2)O[C@H]1c1ccccc1Br. The van der Waals surface area contributed by atoms with E-state index in [1.165, 1.54) is 0 Å². The molecule has 1 amide bonds.